The third kappa shape index (κ3) is 6.04. The number of benzene rings is 1. The summed E-state index contributed by atoms with van der Waals surface area (Å²) in [5, 5.41) is 0. The van der Waals surface area contributed by atoms with E-state index in [1.165, 1.54) is 8.61 Å². The van der Waals surface area contributed by atoms with E-state index in [0.717, 1.165) is 12.5 Å². The molecule has 0 amide bonds. The van der Waals surface area contributed by atoms with Gasteiger partial charge in [-0.15, -0.1) is 0 Å². The minimum absolute atomic E-state index is 0.125. The van der Waals surface area contributed by atoms with E-state index in [1.54, 1.807) is 24.3 Å². The van der Waals surface area contributed by atoms with Gasteiger partial charge in [0.1, 0.15) is 0 Å². The summed E-state index contributed by atoms with van der Waals surface area (Å²) in [5.41, 5.74) is 1.04. The molecule has 1 aromatic rings. The Labute approximate surface area is 160 Å². The molecule has 0 radical (unpaired) electrons. The van der Waals surface area contributed by atoms with Gasteiger partial charge < -0.3 is 0 Å². The highest BCUT2D eigenvalue weighted by Gasteiger charge is 2.39. The lowest BCUT2D eigenvalue weighted by molar-refractivity contribution is 0.581. The van der Waals surface area contributed by atoms with Crippen molar-refractivity contribution < 1.29 is 25.3 Å². The van der Waals surface area contributed by atoms with Crippen molar-refractivity contribution in [3.8, 4) is 0 Å². The van der Waals surface area contributed by atoms with Crippen LogP contribution in [0.15, 0.2) is 24.3 Å². The number of hydrogen-bond acceptors (Lipinski definition) is 6. The molecule has 1 aliphatic rings. The Morgan fingerprint density at radius 1 is 0.815 bits per heavy atom. The van der Waals surface area contributed by atoms with Crippen LogP contribution in [0.1, 0.15) is 12.8 Å². The first-order chi connectivity index (χ1) is 12.4. The fourth-order valence-corrected chi connectivity index (χ4v) is 5.48. The van der Waals surface area contributed by atoms with E-state index in [0.29, 0.717) is 24.2 Å². The Hall–Kier alpha value is -1.41. The minimum atomic E-state index is -3.81. The van der Waals surface area contributed by atoms with E-state index in [-0.39, 0.29) is 26.2 Å². The summed E-state index contributed by atoms with van der Waals surface area (Å²) >= 11 is 0. The lowest BCUT2D eigenvalue weighted by Gasteiger charge is -2.21. The highest BCUT2D eigenvalue weighted by atomic mass is 32.2. The standard InChI is InChI=1S/C14H24N4O6S3/c1-25(19,20)15-9-5-11-17-13-7-3-4-8-14(13)18(27(17,23)24)12-6-10-16-26(2,21)22/h3-4,7-8,15-16H,5-6,9-12H2,1-2H3. The summed E-state index contributed by atoms with van der Waals surface area (Å²) in [6.45, 7) is 0.510. The number of nitrogens with one attached hydrogen (secondary N) is 2. The number of hydrogen-bond donors (Lipinski definition) is 2. The van der Waals surface area contributed by atoms with Crippen molar-refractivity contribution in [1.29, 1.82) is 0 Å². The Kier molecular flexibility index (Phi) is 6.73. The summed E-state index contributed by atoms with van der Waals surface area (Å²) < 4.78 is 77.5. The molecule has 2 rings (SSSR count). The summed E-state index contributed by atoms with van der Waals surface area (Å²) in [6.07, 6.45) is 2.70. The zero-order valence-corrected chi connectivity index (χ0v) is 17.6. The van der Waals surface area contributed by atoms with Crippen LogP contribution < -0.4 is 18.1 Å². The number of para-hydroxylation sites is 2. The van der Waals surface area contributed by atoms with Crippen LogP contribution in [0.2, 0.25) is 0 Å². The summed E-state index contributed by atoms with van der Waals surface area (Å²) in [6, 6.07) is 6.83. The van der Waals surface area contributed by atoms with Gasteiger partial charge in [-0.05, 0) is 25.0 Å². The fraction of sp³-hybridized carbons (Fsp3) is 0.571. The van der Waals surface area contributed by atoms with Crippen LogP contribution in [-0.4, -0.2) is 63.9 Å². The SMILES string of the molecule is CS(=O)(=O)NCCCN1c2ccccc2N(CCCNS(C)(=O)=O)S1(=O)=O. The van der Waals surface area contributed by atoms with Gasteiger partial charge in [0, 0.05) is 26.2 Å². The van der Waals surface area contributed by atoms with E-state index in [2.05, 4.69) is 9.44 Å². The van der Waals surface area contributed by atoms with Gasteiger partial charge in [-0.25, -0.2) is 26.3 Å². The van der Waals surface area contributed by atoms with E-state index in [4.69, 9.17) is 0 Å². The third-order valence-corrected chi connectivity index (χ3v) is 7.11. The van der Waals surface area contributed by atoms with Crippen LogP contribution in [0.5, 0.6) is 0 Å². The monoisotopic (exact) mass is 440 g/mol. The van der Waals surface area contributed by atoms with Crippen molar-refractivity contribution in [3.05, 3.63) is 24.3 Å². The van der Waals surface area contributed by atoms with Crippen molar-refractivity contribution in [2.45, 2.75) is 12.8 Å². The lowest BCUT2D eigenvalue weighted by Crippen LogP contribution is -2.40. The third-order valence-electron chi connectivity index (χ3n) is 3.78. The Morgan fingerprint density at radius 2 is 1.19 bits per heavy atom. The van der Waals surface area contributed by atoms with Crippen LogP contribution >= 0.6 is 0 Å². The molecular weight excluding hydrogens is 416 g/mol. The number of nitrogens with zero attached hydrogens (tertiary/aromatic N) is 2. The predicted molar refractivity (Wildman–Crippen MR) is 105 cm³/mol. The molecule has 0 saturated heterocycles. The van der Waals surface area contributed by atoms with Gasteiger partial charge in [0.05, 0.1) is 23.9 Å². The van der Waals surface area contributed by atoms with Crippen LogP contribution in [0.3, 0.4) is 0 Å². The summed E-state index contributed by atoms with van der Waals surface area (Å²) in [7, 11) is -10.5. The van der Waals surface area contributed by atoms with Crippen molar-refractivity contribution in [2.24, 2.45) is 0 Å². The maximum absolute atomic E-state index is 12.9. The zero-order valence-electron chi connectivity index (χ0n) is 15.1. The molecule has 0 aliphatic carbocycles. The Bertz CT molecular complexity index is 903. The van der Waals surface area contributed by atoms with E-state index in [9.17, 15) is 25.3 Å². The van der Waals surface area contributed by atoms with Crippen molar-refractivity contribution in [1.82, 2.24) is 9.44 Å². The first-order valence-electron chi connectivity index (χ1n) is 8.20. The molecule has 1 aromatic carbocycles. The largest absolute Gasteiger partial charge is 0.326 e. The smallest absolute Gasteiger partial charge is 0.251 e. The lowest BCUT2D eigenvalue weighted by atomic mass is 10.2. The molecule has 0 spiro atoms. The van der Waals surface area contributed by atoms with E-state index < -0.39 is 30.3 Å². The molecule has 1 aliphatic heterocycles. The van der Waals surface area contributed by atoms with Gasteiger partial charge in [0.2, 0.25) is 20.0 Å². The first kappa shape index (κ1) is 21.9. The van der Waals surface area contributed by atoms with Gasteiger partial charge in [-0.3, -0.25) is 8.61 Å². The van der Waals surface area contributed by atoms with Gasteiger partial charge >= 0.3 is 10.2 Å². The number of rotatable bonds is 10. The minimum Gasteiger partial charge on any atom is -0.251 e. The maximum atomic E-state index is 12.9. The Balaban J connectivity index is 2.09. The topological polar surface area (TPSA) is 133 Å². The predicted octanol–water partition coefficient (Wildman–Crippen LogP) is -0.564. The quantitative estimate of drug-likeness (QED) is 0.469. The maximum Gasteiger partial charge on any atom is 0.326 e. The number of anilines is 2. The summed E-state index contributed by atoms with van der Waals surface area (Å²) in [5.74, 6) is 0. The van der Waals surface area contributed by atoms with E-state index >= 15 is 0 Å². The van der Waals surface area contributed by atoms with Gasteiger partial charge in [0.15, 0.2) is 0 Å². The van der Waals surface area contributed by atoms with Gasteiger partial charge in [-0.1, -0.05) is 12.1 Å². The van der Waals surface area contributed by atoms with E-state index in [1.807, 2.05) is 0 Å². The molecule has 0 saturated carbocycles. The number of sulfonamides is 2. The Morgan fingerprint density at radius 3 is 1.52 bits per heavy atom. The van der Waals surface area contributed by atoms with Crippen LogP contribution in [-0.2, 0) is 30.3 Å². The van der Waals surface area contributed by atoms with Crippen LogP contribution in [0, 0.1) is 0 Å². The second-order valence-electron chi connectivity index (χ2n) is 6.18. The highest BCUT2D eigenvalue weighted by molar-refractivity contribution is 7.94. The molecule has 0 aromatic heterocycles. The van der Waals surface area contributed by atoms with Gasteiger partial charge in [0.25, 0.3) is 0 Å². The molecule has 0 atom stereocenters. The molecule has 1 heterocycles. The second kappa shape index (κ2) is 8.31. The average molecular weight is 441 g/mol. The molecule has 13 heteroatoms. The molecule has 2 N–H and O–H groups in total. The van der Waals surface area contributed by atoms with Crippen molar-refractivity contribution in [2.75, 3.05) is 47.3 Å². The average Bonchev–Trinajstić information content (AvgIpc) is 2.73. The van der Waals surface area contributed by atoms with Crippen LogP contribution in [0.4, 0.5) is 11.4 Å². The van der Waals surface area contributed by atoms with Crippen molar-refractivity contribution in [3.63, 3.8) is 0 Å². The highest BCUT2D eigenvalue weighted by Crippen LogP contribution is 2.40. The molecule has 0 unspecified atom stereocenters. The fourth-order valence-electron chi connectivity index (χ4n) is 2.69. The molecule has 154 valence electrons. The van der Waals surface area contributed by atoms with Crippen molar-refractivity contribution >= 4 is 41.6 Å². The van der Waals surface area contributed by atoms with Gasteiger partial charge in [-0.2, -0.15) is 8.42 Å². The van der Waals surface area contributed by atoms with Crippen LogP contribution in [0.25, 0.3) is 0 Å². The first-order valence-corrected chi connectivity index (χ1v) is 13.4. The molecule has 10 nitrogen and oxygen atoms in total. The zero-order chi connectivity index (χ0) is 20.3. The number of fused-ring (bicyclic) bond motifs is 1. The normalized spacial score (nSPS) is 16.5. The molecule has 0 bridgehead atoms. The molecule has 27 heavy (non-hydrogen) atoms. The molecular formula is C14H24N4O6S3. The second-order valence-corrected chi connectivity index (χ2v) is 11.6. The summed E-state index contributed by atoms with van der Waals surface area (Å²) in [4.78, 5) is 0. The molecule has 0 fully saturated rings.